The second-order valence-corrected chi connectivity index (χ2v) is 5.03. The van der Waals surface area contributed by atoms with E-state index in [1.54, 1.807) is 13.3 Å². The molecule has 5 heteroatoms. The van der Waals surface area contributed by atoms with Crippen molar-refractivity contribution in [3.8, 4) is 11.8 Å². The number of rotatable bonds is 3. The lowest BCUT2D eigenvalue weighted by atomic mass is 10.1. The van der Waals surface area contributed by atoms with Crippen molar-refractivity contribution in [1.82, 2.24) is 4.98 Å². The van der Waals surface area contributed by atoms with E-state index in [9.17, 15) is 5.26 Å². The van der Waals surface area contributed by atoms with Crippen molar-refractivity contribution in [2.45, 2.75) is 6.92 Å². The fraction of sp³-hybridized carbons (Fsp3) is 0.111. The van der Waals surface area contributed by atoms with E-state index in [-0.39, 0.29) is 12.4 Å². The number of hydrogen-bond donors (Lipinski definition) is 1. The molecule has 0 aliphatic rings. The summed E-state index contributed by atoms with van der Waals surface area (Å²) in [6.45, 7) is 2.02. The van der Waals surface area contributed by atoms with E-state index in [1.807, 2.05) is 49.4 Å². The van der Waals surface area contributed by atoms with Crippen LogP contribution in [0.5, 0.6) is 5.75 Å². The highest BCUT2D eigenvalue weighted by molar-refractivity contribution is 5.96. The number of fused-ring (bicyclic) bond motifs is 1. The average molecular weight is 326 g/mol. The highest BCUT2D eigenvalue weighted by Crippen LogP contribution is 2.30. The van der Waals surface area contributed by atoms with Crippen molar-refractivity contribution in [3.63, 3.8) is 0 Å². The van der Waals surface area contributed by atoms with Crippen LogP contribution in [0.1, 0.15) is 11.1 Å². The van der Waals surface area contributed by atoms with Gasteiger partial charge in [0.2, 0.25) is 0 Å². The fourth-order valence-electron chi connectivity index (χ4n) is 2.34. The Labute approximate surface area is 141 Å². The third kappa shape index (κ3) is 3.36. The first kappa shape index (κ1) is 16.6. The largest absolute Gasteiger partial charge is 0.497 e. The van der Waals surface area contributed by atoms with Gasteiger partial charge in [-0.2, -0.15) is 5.26 Å². The summed E-state index contributed by atoms with van der Waals surface area (Å²) in [7, 11) is 1.63. The molecule has 23 heavy (non-hydrogen) atoms. The summed E-state index contributed by atoms with van der Waals surface area (Å²) in [5.74, 6) is 0.793. The number of methoxy groups -OCH3 is 1. The number of hydrogen-bond acceptors (Lipinski definition) is 4. The molecule has 0 atom stereocenters. The number of aromatic nitrogens is 1. The van der Waals surface area contributed by atoms with Crippen LogP contribution in [0.25, 0.3) is 10.9 Å². The lowest BCUT2D eigenvalue weighted by Crippen LogP contribution is -1.97. The van der Waals surface area contributed by atoms with E-state index in [4.69, 9.17) is 4.74 Å². The Bertz CT molecular complexity index is 870. The normalized spacial score (nSPS) is 9.78. The van der Waals surface area contributed by atoms with Gasteiger partial charge in [-0.25, -0.2) is 0 Å². The summed E-state index contributed by atoms with van der Waals surface area (Å²) in [5.41, 5.74) is 4.18. The van der Waals surface area contributed by atoms with Gasteiger partial charge >= 0.3 is 0 Å². The number of benzene rings is 2. The van der Waals surface area contributed by atoms with E-state index < -0.39 is 0 Å². The Kier molecular flexibility index (Phi) is 5.05. The number of nitriles is 1. The summed E-state index contributed by atoms with van der Waals surface area (Å²) >= 11 is 0. The summed E-state index contributed by atoms with van der Waals surface area (Å²) in [6.07, 6.45) is 1.60. The Balaban J connectivity index is 0.00000192. The Morgan fingerprint density at radius 1 is 1.13 bits per heavy atom. The van der Waals surface area contributed by atoms with Crippen LogP contribution in [0.4, 0.5) is 11.4 Å². The van der Waals surface area contributed by atoms with E-state index in [1.165, 1.54) is 0 Å². The molecule has 0 aliphatic carbocycles. The van der Waals surface area contributed by atoms with Crippen molar-refractivity contribution in [3.05, 3.63) is 59.8 Å². The van der Waals surface area contributed by atoms with Crippen LogP contribution in [-0.2, 0) is 0 Å². The molecule has 116 valence electrons. The molecule has 2 aromatic carbocycles. The van der Waals surface area contributed by atoms with Gasteiger partial charge in [0, 0.05) is 17.3 Å². The van der Waals surface area contributed by atoms with E-state index in [0.29, 0.717) is 5.56 Å². The maximum Gasteiger partial charge on any atom is 0.119 e. The van der Waals surface area contributed by atoms with Crippen LogP contribution < -0.4 is 10.1 Å². The highest BCUT2D eigenvalue weighted by atomic mass is 35.5. The zero-order valence-electron chi connectivity index (χ0n) is 12.8. The van der Waals surface area contributed by atoms with Gasteiger partial charge in [-0.1, -0.05) is 11.6 Å². The number of halogens is 1. The van der Waals surface area contributed by atoms with E-state index >= 15 is 0 Å². The topological polar surface area (TPSA) is 57.9 Å². The number of anilines is 2. The molecule has 0 unspecified atom stereocenters. The van der Waals surface area contributed by atoms with Crippen molar-refractivity contribution >= 4 is 34.7 Å². The molecule has 0 bridgehead atoms. The second-order valence-electron chi connectivity index (χ2n) is 5.03. The summed E-state index contributed by atoms with van der Waals surface area (Å²) in [6, 6.07) is 15.8. The van der Waals surface area contributed by atoms with Crippen molar-refractivity contribution < 1.29 is 4.74 Å². The van der Waals surface area contributed by atoms with Crippen molar-refractivity contribution in [2.75, 3.05) is 12.4 Å². The minimum absolute atomic E-state index is 0. The maximum absolute atomic E-state index is 9.36. The summed E-state index contributed by atoms with van der Waals surface area (Å²) < 4.78 is 5.16. The van der Waals surface area contributed by atoms with Crippen LogP contribution >= 0.6 is 12.4 Å². The van der Waals surface area contributed by atoms with Crippen LogP contribution in [-0.4, -0.2) is 12.1 Å². The molecule has 0 radical (unpaired) electrons. The van der Waals surface area contributed by atoms with Gasteiger partial charge in [0.25, 0.3) is 0 Å². The number of nitrogens with zero attached hydrogens (tertiary/aromatic N) is 2. The van der Waals surface area contributed by atoms with Gasteiger partial charge in [0.1, 0.15) is 11.8 Å². The lowest BCUT2D eigenvalue weighted by Gasteiger charge is -2.12. The molecule has 3 aromatic rings. The molecule has 3 rings (SSSR count). The Hall–Kier alpha value is -2.77. The zero-order chi connectivity index (χ0) is 15.5. The smallest absolute Gasteiger partial charge is 0.119 e. The molecule has 0 saturated heterocycles. The number of pyridine rings is 1. The quantitative estimate of drug-likeness (QED) is 0.765. The molecule has 1 heterocycles. The maximum atomic E-state index is 9.36. The summed E-state index contributed by atoms with van der Waals surface area (Å²) in [5, 5.41) is 13.6. The molecule has 0 fully saturated rings. The van der Waals surface area contributed by atoms with Crippen LogP contribution in [0, 0.1) is 18.3 Å². The molecule has 0 amide bonds. The third-order valence-corrected chi connectivity index (χ3v) is 3.50. The number of nitrogens with one attached hydrogen (secondary N) is 1. The van der Waals surface area contributed by atoms with Crippen LogP contribution in [0.15, 0.2) is 48.7 Å². The molecular formula is C18H16ClN3O. The van der Waals surface area contributed by atoms with Gasteiger partial charge in [0.15, 0.2) is 0 Å². The van der Waals surface area contributed by atoms with Gasteiger partial charge in [-0.3, -0.25) is 4.98 Å². The van der Waals surface area contributed by atoms with Gasteiger partial charge in [-0.05, 0) is 43.3 Å². The predicted molar refractivity (Wildman–Crippen MR) is 94.7 cm³/mol. The molecule has 0 spiro atoms. The Morgan fingerprint density at radius 2 is 1.87 bits per heavy atom. The summed E-state index contributed by atoms with van der Waals surface area (Å²) in [4.78, 5) is 4.34. The van der Waals surface area contributed by atoms with E-state index in [0.717, 1.165) is 33.6 Å². The average Bonchev–Trinajstić information content (AvgIpc) is 2.56. The molecule has 1 aromatic heterocycles. The van der Waals surface area contributed by atoms with Crippen LogP contribution in [0.2, 0.25) is 0 Å². The number of ether oxygens (including phenoxy) is 1. The van der Waals surface area contributed by atoms with Crippen molar-refractivity contribution in [1.29, 1.82) is 5.26 Å². The zero-order valence-corrected chi connectivity index (χ0v) is 13.6. The third-order valence-electron chi connectivity index (χ3n) is 3.50. The molecule has 1 N–H and O–H groups in total. The Morgan fingerprint density at radius 3 is 2.52 bits per heavy atom. The second kappa shape index (κ2) is 6.99. The molecule has 4 nitrogen and oxygen atoms in total. The monoisotopic (exact) mass is 325 g/mol. The fourth-order valence-corrected chi connectivity index (χ4v) is 2.34. The molecular weight excluding hydrogens is 310 g/mol. The van der Waals surface area contributed by atoms with Gasteiger partial charge in [0.05, 0.1) is 23.9 Å². The minimum Gasteiger partial charge on any atom is -0.497 e. The first-order chi connectivity index (χ1) is 10.7. The molecule has 0 saturated carbocycles. The van der Waals surface area contributed by atoms with Gasteiger partial charge in [-0.15, -0.1) is 12.4 Å². The SMILES string of the molecule is COc1ccc(Nc2c(C#N)cnc3ccc(C)cc23)cc1.Cl. The minimum atomic E-state index is 0. The first-order valence-electron chi connectivity index (χ1n) is 6.92. The van der Waals surface area contributed by atoms with E-state index in [2.05, 4.69) is 16.4 Å². The lowest BCUT2D eigenvalue weighted by molar-refractivity contribution is 0.415. The molecule has 0 aliphatic heterocycles. The number of aryl methyl sites for hydroxylation is 1. The van der Waals surface area contributed by atoms with Gasteiger partial charge < -0.3 is 10.1 Å². The predicted octanol–water partition coefficient (Wildman–Crippen LogP) is 4.59. The van der Waals surface area contributed by atoms with Crippen LogP contribution in [0.3, 0.4) is 0 Å². The first-order valence-corrected chi connectivity index (χ1v) is 6.92. The standard InChI is InChI=1S/C18H15N3O.ClH/c1-12-3-8-17-16(9-12)18(13(10-19)11-20-17)21-14-4-6-15(22-2)7-5-14;/h3-9,11H,1-2H3,(H,20,21);1H. The highest BCUT2D eigenvalue weighted by Gasteiger charge is 2.09. The van der Waals surface area contributed by atoms with Crippen molar-refractivity contribution in [2.24, 2.45) is 0 Å².